The maximum atomic E-state index is 14.4. The molecule has 2 fully saturated rings. The van der Waals surface area contributed by atoms with E-state index in [-0.39, 0.29) is 91.3 Å². The van der Waals surface area contributed by atoms with Crippen molar-refractivity contribution in [3.63, 3.8) is 0 Å². The fourth-order valence-electron chi connectivity index (χ4n) is 3.11. The second-order valence-electron chi connectivity index (χ2n) is 8.08. The van der Waals surface area contributed by atoms with Gasteiger partial charge in [0, 0.05) is 30.4 Å². The summed E-state index contributed by atoms with van der Waals surface area (Å²) in [6.45, 7) is 8.42. The average molecular weight is 487 g/mol. The minimum atomic E-state index is -0.647. The van der Waals surface area contributed by atoms with Crippen molar-refractivity contribution < 1.29 is 70.4 Å². The Morgan fingerprint density at radius 1 is 1.24 bits per heavy atom. The van der Waals surface area contributed by atoms with Gasteiger partial charge in [0.25, 0.3) is 0 Å². The summed E-state index contributed by atoms with van der Waals surface area (Å²) in [5, 5.41) is 29.6. The summed E-state index contributed by atoms with van der Waals surface area (Å²) < 4.78 is 20.0. The van der Waals surface area contributed by atoms with Crippen LogP contribution in [0.3, 0.4) is 0 Å². The molecule has 1 aliphatic carbocycles. The molecule has 2 rings (SSSR count). The Hall–Kier alpha value is -1.50. The second kappa shape index (κ2) is 12.8. The van der Waals surface area contributed by atoms with Crippen molar-refractivity contribution in [3.05, 3.63) is 52.7 Å². The molecule has 1 saturated carbocycles. The number of aliphatic hydroxyl groups is 1. The minimum absolute atomic E-state index is 0. The van der Waals surface area contributed by atoms with Crippen LogP contribution in [0.4, 0.5) is 4.39 Å². The molecular weight excluding hydrogens is 454 g/mol. The van der Waals surface area contributed by atoms with E-state index in [1.165, 1.54) is 13.0 Å². The fourth-order valence-corrected chi connectivity index (χ4v) is 3.11. The van der Waals surface area contributed by atoms with Gasteiger partial charge >= 0.3 is 51.4 Å². The van der Waals surface area contributed by atoms with Crippen LogP contribution in [0.2, 0.25) is 0 Å². The predicted molar refractivity (Wildman–Crippen MR) is 122 cm³/mol. The molecule has 9 nitrogen and oxygen atoms in total. The summed E-state index contributed by atoms with van der Waals surface area (Å²) in [6, 6.07) is 0. The van der Waals surface area contributed by atoms with E-state index in [2.05, 4.69) is 11.9 Å². The van der Waals surface area contributed by atoms with E-state index in [0.717, 1.165) is 18.9 Å². The number of hydrogen-bond acceptors (Lipinski definition) is 7. The van der Waals surface area contributed by atoms with Crippen molar-refractivity contribution in [3.8, 4) is 0 Å². The zero-order valence-electron chi connectivity index (χ0n) is 19.9. The number of carbonyl (C=O) groups is 1. The SMILES string of the molecule is C=C(C(=N)C(=N)/C=C(\[N-]C)N1CCN(C(=O)CO)CC1)/C(N)=C\C(F)=C(/C)OC1(C)CC1.[K+]. The Morgan fingerprint density at radius 3 is 2.27 bits per heavy atom. The molecule has 11 heteroatoms. The van der Waals surface area contributed by atoms with Crippen molar-refractivity contribution in [2.75, 3.05) is 39.8 Å². The van der Waals surface area contributed by atoms with Crippen LogP contribution in [0, 0.1) is 10.8 Å². The van der Waals surface area contributed by atoms with E-state index in [4.69, 9.17) is 26.4 Å². The van der Waals surface area contributed by atoms with Gasteiger partial charge in [-0.25, -0.2) is 4.39 Å². The zero-order chi connectivity index (χ0) is 24.1. The molecule has 1 saturated heterocycles. The zero-order valence-corrected chi connectivity index (χ0v) is 23.0. The topological polar surface area (TPSA) is 141 Å². The number of nitrogens with one attached hydrogen (secondary N) is 2. The molecule has 0 aromatic carbocycles. The number of nitrogens with zero attached hydrogens (tertiary/aromatic N) is 3. The summed E-state index contributed by atoms with van der Waals surface area (Å²) in [6.07, 6.45) is 4.21. The molecular formula is C22H32FKN6O3. The molecule has 5 N–H and O–H groups in total. The molecule has 1 heterocycles. The quantitative estimate of drug-likeness (QED) is 0.138. The van der Waals surface area contributed by atoms with Crippen LogP contribution >= 0.6 is 0 Å². The maximum Gasteiger partial charge on any atom is 1.00 e. The van der Waals surface area contributed by atoms with Crippen molar-refractivity contribution in [1.29, 1.82) is 10.8 Å². The monoisotopic (exact) mass is 486 g/mol. The molecule has 0 bridgehead atoms. The summed E-state index contributed by atoms with van der Waals surface area (Å²) in [4.78, 5) is 15.0. The van der Waals surface area contributed by atoms with Crippen molar-refractivity contribution in [1.82, 2.24) is 9.80 Å². The van der Waals surface area contributed by atoms with Gasteiger partial charge in [-0.05, 0) is 45.9 Å². The largest absolute Gasteiger partial charge is 1.00 e. The number of hydrogen-bond donors (Lipinski definition) is 4. The summed E-state index contributed by atoms with van der Waals surface area (Å²) in [5.41, 5.74) is 5.11. The van der Waals surface area contributed by atoms with E-state index >= 15 is 0 Å². The molecule has 1 amide bonds. The van der Waals surface area contributed by atoms with Gasteiger partial charge in [0.05, 0.1) is 11.4 Å². The molecule has 0 spiro atoms. The summed E-state index contributed by atoms with van der Waals surface area (Å²) in [7, 11) is 1.57. The van der Waals surface area contributed by atoms with Gasteiger partial charge in [-0.2, -0.15) is 0 Å². The number of halogens is 1. The van der Waals surface area contributed by atoms with Crippen LogP contribution in [-0.2, 0) is 9.53 Å². The van der Waals surface area contributed by atoms with E-state index in [9.17, 15) is 9.18 Å². The Labute approximate surface area is 237 Å². The standard InChI is InChI=1S/C22H32FN6O3.K/c1-14(17(24)11-16(23)15(2)32-22(3)5-6-22)21(26)18(25)12-19(27-4)28-7-9-29(10-8-28)20(31)13-30;/h11-12,26,30H,1,5-10,13,24H2,2-4H3,(H-,25,27);/q-1;+1/b16-15-,17-11+,26-21?;. The first-order valence-corrected chi connectivity index (χ1v) is 10.4. The molecule has 0 unspecified atom stereocenters. The number of piperazine rings is 1. The Balaban J connectivity index is 0.00000544. The second-order valence-corrected chi connectivity index (χ2v) is 8.08. The number of allylic oxidation sites excluding steroid dienone is 5. The van der Waals surface area contributed by atoms with Gasteiger partial charge in [-0.15, -0.1) is 0 Å². The number of amides is 1. The van der Waals surface area contributed by atoms with E-state index < -0.39 is 12.4 Å². The van der Waals surface area contributed by atoms with Gasteiger partial charge < -0.3 is 30.7 Å². The van der Waals surface area contributed by atoms with Crippen LogP contribution in [0.5, 0.6) is 0 Å². The van der Waals surface area contributed by atoms with Crippen LogP contribution in [-0.4, -0.2) is 77.7 Å². The van der Waals surface area contributed by atoms with E-state index in [1.807, 2.05) is 11.8 Å². The molecule has 0 atom stereocenters. The molecule has 33 heavy (non-hydrogen) atoms. The van der Waals surface area contributed by atoms with Gasteiger partial charge in [-0.1, -0.05) is 19.4 Å². The Morgan fingerprint density at radius 2 is 1.79 bits per heavy atom. The van der Waals surface area contributed by atoms with Gasteiger partial charge in [0.2, 0.25) is 5.91 Å². The average Bonchev–Trinajstić information content (AvgIpc) is 3.51. The normalized spacial score (nSPS) is 18.6. The fraction of sp³-hybridized carbons (Fsp3) is 0.500. The molecule has 2 aliphatic rings. The Bertz CT molecular complexity index is 887. The van der Waals surface area contributed by atoms with Gasteiger partial charge in [0.1, 0.15) is 18.0 Å². The number of nitrogens with two attached hydrogens (primary N) is 1. The van der Waals surface area contributed by atoms with Crippen LogP contribution in [0.25, 0.3) is 5.32 Å². The summed E-state index contributed by atoms with van der Waals surface area (Å²) in [5.74, 6) is -0.386. The Kier molecular flexibility index (Phi) is 11.5. The van der Waals surface area contributed by atoms with Crippen LogP contribution in [0.1, 0.15) is 26.7 Å². The minimum Gasteiger partial charge on any atom is -0.489 e. The van der Waals surface area contributed by atoms with E-state index in [0.29, 0.717) is 32.0 Å². The van der Waals surface area contributed by atoms with Crippen LogP contribution in [0.15, 0.2) is 47.4 Å². The smallest absolute Gasteiger partial charge is 0.489 e. The number of aliphatic hydroxyl groups excluding tert-OH is 1. The first-order chi connectivity index (χ1) is 15.0. The van der Waals surface area contributed by atoms with Crippen molar-refractivity contribution >= 4 is 17.3 Å². The van der Waals surface area contributed by atoms with Crippen molar-refractivity contribution in [2.45, 2.75) is 32.3 Å². The number of ether oxygens (including phenoxy) is 1. The first kappa shape index (κ1) is 29.5. The number of carbonyl (C=O) groups excluding carboxylic acids is 1. The van der Waals surface area contributed by atoms with E-state index in [1.54, 1.807) is 11.9 Å². The van der Waals surface area contributed by atoms with Gasteiger partial charge in [-0.3, -0.25) is 15.6 Å². The van der Waals surface area contributed by atoms with Gasteiger partial charge in [0.15, 0.2) is 5.83 Å². The summed E-state index contributed by atoms with van der Waals surface area (Å²) >= 11 is 0. The third kappa shape index (κ3) is 8.34. The first-order valence-electron chi connectivity index (χ1n) is 10.4. The molecule has 0 aromatic heterocycles. The maximum absolute atomic E-state index is 14.4. The number of rotatable bonds is 10. The predicted octanol–water partition coefficient (Wildman–Crippen LogP) is -0.820. The molecule has 176 valence electrons. The van der Waals surface area contributed by atoms with Crippen molar-refractivity contribution in [2.24, 2.45) is 5.73 Å². The third-order valence-corrected chi connectivity index (χ3v) is 5.49. The molecule has 0 radical (unpaired) electrons. The third-order valence-electron chi connectivity index (χ3n) is 5.49. The molecule has 0 aromatic rings. The molecule has 1 aliphatic heterocycles. The van der Waals surface area contributed by atoms with Crippen LogP contribution < -0.4 is 57.1 Å².